The number of hydrogen-bond donors (Lipinski definition) is 0. The van der Waals surface area contributed by atoms with Crippen molar-refractivity contribution in [1.82, 2.24) is 0 Å². The first kappa shape index (κ1) is 13.8. The van der Waals surface area contributed by atoms with E-state index >= 15 is 0 Å². The van der Waals surface area contributed by atoms with E-state index < -0.39 is 15.8 Å². The van der Waals surface area contributed by atoms with Crippen LogP contribution >= 0.6 is 15.9 Å². The molecule has 4 heteroatoms. The van der Waals surface area contributed by atoms with Gasteiger partial charge < -0.3 is 0 Å². The molecule has 0 aliphatic heterocycles. The van der Waals surface area contributed by atoms with E-state index in [-0.39, 0.29) is 10.4 Å². The van der Waals surface area contributed by atoms with Crippen molar-refractivity contribution in [3.8, 4) is 0 Å². The molecule has 0 bridgehead atoms. The third-order valence-corrected chi connectivity index (χ3v) is 4.28. The second-order valence-corrected chi connectivity index (χ2v) is 7.34. The molecule has 0 heterocycles. The van der Waals surface area contributed by atoms with Crippen LogP contribution in [0, 0.1) is 0 Å². The van der Waals surface area contributed by atoms with Gasteiger partial charge in [-0.3, -0.25) is 0 Å². The summed E-state index contributed by atoms with van der Waals surface area (Å²) < 4.78 is 6.29. The van der Waals surface area contributed by atoms with Gasteiger partial charge in [-0.25, -0.2) is 0 Å². The molecule has 2 nitrogen and oxygen atoms in total. The van der Waals surface area contributed by atoms with Crippen LogP contribution in [0.3, 0.4) is 0 Å². The first-order chi connectivity index (χ1) is 7.38. The van der Waals surface area contributed by atoms with Crippen molar-refractivity contribution in [2.45, 2.75) is 31.6 Å². The summed E-state index contributed by atoms with van der Waals surface area (Å²) in [5, 5.41) is 0.798. The molecule has 1 aromatic carbocycles. The van der Waals surface area contributed by atoms with Crippen molar-refractivity contribution in [3.63, 3.8) is 0 Å². The van der Waals surface area contributed by atoms with Crippen molar-refractivity contribution in [2.24, 2.45) is 0 Å². The Kier molecular flexibility index (Phi) is 5.07. The summed E-state index contributed by atoms with van der Waals surface area (Å²) in [5.74, 6) is 0. The van der Waals surface area contributed by atoms with Crippen LogP contribution in [0.1, 0.15) is 26.3 Å². The molecule has 0 atom stereocenters. The molecular weight excluding hydrogens is 331 g/mol. The number of rotatable bonds is 3. The molecule has 0 spiro atoms. The van der Waals surface area contributed by atoms with Crippen LogP contribution in [0.5, 0.6) is 0 Å². The zero-order valence-corrected chi connectivity index (χ0v) is 13.1. The second-order valence-electron chi connectivity index (χ2n) is 4.39. The molecule has 0 aliphatic carbocycles. The van der Waals surface area contributed by atoms with Crippen molar-refractivity contribution in [2.75, 3.05) is 0 Å². The van der Waals surface area contributed by atoms with Crippen LogP contribution in [-0.2, 0) is 9.95 Å². The molecule has 0 fully saturated rings. The van der Waals surface area contributed by atoms with Crippen LogP contribution in [0.4, 0.5) is 4.79 Å². The second kappa shape index (κ2) is 5.88. The molecule has 0 amide bonds. The third-order valence-electron chi connectivity index (χ3n) is 1.73. The third kappa shape index (κ3) is 5.18. The molecule has 0 unspecified atom stereocenters. The van der Waals surface area contributed by atoms with Gasteiger partial charge in [-0.1, -0.05) is 0 Å². The normalized spacial score (nSPS) is 12.0. The average Bonchev–Trinajstić information content (AvgIpc) is 2.14. The average molecular weight is 346 g/mol. The maximum atomic E-state index is 11.5. The Morgan fingerprint density at radius 3 is 2.56 bits per heavy atom. The monoisotopic (exact) mass is 345 g/mol. The zero-order chi connectivity index (χ0) is 12.2. The fraction of sp³-hybridized carbons (Fsp3) is 0.417. The van der Waals surface area contributed by atoms with Crippen LogP contribution in [0.2, 0.25) is 0 Å². The molecular formula is C12H15AsBrO2. The van der Waals surface area contributed by atoms with E-state index in [2.05, 4.69) is 15.9 Å². The van der Waals surface area contributed by atoms with Crippen LogP contribution < -0.4 is 0 Å². The SMILES string of the molecule is CC(C)(C)OC(=O)[As]Cc1ccccc1Br. The molecule has 0 aliphatic rings. The molecule has 0 aromatic heterocycles. The summed E-state index contributed by atoms with van der Waals surface area (Å²) in [7, 11) is 0. The number of carbonyl (C=O) groups is 1. The van der Waals surface area contributed by atoms with Gasteiger partial charge in [0.15, 0.2) is 0 Å². The Morgan fingerprint density at radius 1 is 1.38 bits per heavy atom. The van der Waals surface area contributed by atoms with Crippen LogP contribution in [-0.4, -0.2) is 26.1 Å². The van der Waals surface area contributed by atoms with Gasteiger partial charge in [0.1, 0.15) is 0 Å². The van der Waals surface area contributed by atoms with Gasteiger partial charge >= 0.3 is 112 Å². The number of halogens is 1. The quantitative estimate of drug-likeness (QED) is 0.782. The fourth-order valence-electron chi connectivity index (χ4n) is 1.07. The summed E-state index contributed by atoms with van der Waals surface area (Å²) >= 11 is 3.03. The number of ether oxygens (including phenoxy) is 1. The van der Waals surface area contributed by atoms with Gasteiger partial charge in [-0.2, -0.15) is 0 Å². The Labute approximate surface area is 112 Å². The minimum absolute atomic E-state index is 0.0560. The summed E-state index contributed by atoms with van der Waals surface area (Å²) in [6.07, 6.45) is 0. The number of carbonyl (C=O) groups excluding carboxylic acids is 1. The van der Waals surface area contributed by atoms with Gasteiger partial charge in [0.05, 0.1) is 0 Å². The van der Waals surface area contributed by atoms with E-state index in [4.69, 9.17) is 4.74 Å². The minimum atomic E-state index is -0.442. The summed E-state index contributed by atoms with van der Waals surface area (Å²) in [6, 6.07) is 7.98. The molecule has 16 heavy (non-hydrogen) atoms. The Bertz CT molecular complexity index is 372. The molecule has 0 saturated heterocycles. The zero-order valence-electron chi connectivity index (χ0n) is 9.66. The van der Waals surface area contributed by atoms with Crippen molar-refractivity contribution < 1.29 is 9.53 Å². The van der Waals surface area contributed by atoms with E-state index in [9.17, 15) is 4.79 Å². The predicted octanol–water partition coefficient (Wildman–Crippen LogP) is 3.59. The van der Waals surface area contributed by atoms with Crippen molar-refractivity contribution >= 4 is 36.4 Å². The van der Waals surface area contributed by atoms with E-state index in [0.717, 1.165) is 9.68 Å². The predicted molar refractivity (Wildman–Crippen MR) is 69.8 cm³/mol. The number of hydrogen-bond acceptors (Lipinski definition) is 2. The van der Waals surface area contributed by atoms with E-state index in [1.54, 1.807) is 0 Å². The summed E-state index contributed by atoms with van der Waals surface area (Å²) in [5.41, 5.74) is 0.800. The van der Waals surface area contributed by atoms with Gasteiger partial charge in [-0.15, -0.1) is 0 Å². The van der Waals surface area contributed by atoms with E-state index in [1.165, 1.54) is 5.56 Å². The molecule has 1 radical (unpaired) electrons. The first-order valence-corrected chi connectivity index (χ1v) is 8.08. The standard InChI is InChI=1S/C12H15AsBrO2/c1-12(2,3)16-11(15)13-8-9-6-4-5-7-10(9)14/h4-7H,8H2,1-3H3. The van der Waals surface area contributed by atoms with Crippen molar-refractivity contribution in [3.05, 3.63) is 34.3 Å². The van der Waals surface area contributed by atoms with Gasteiger partial charge in [0, 0.05) is 0 Å². The molecule has 0 N–H and O–H groups in total. The van der Waals surface area contributed by atoms with Gasteiger partial charge in [0.25, 0.3) is 0 Å². The summed E-state index contributed by atoms with van der Waals surface area (Å²) in [4.78, 5) is 11.5. The molecule has 87 valence electrons. The van der Waals surface area contributed by atoms with Crippen LogP contribution in [0.15, 0.2) is 28.7 Å². The first-order valence-electron chi connectivity index (χ1n) is 5.02. The Morgan fingerprint density at radius 2 is 2.00 bits per heavy atom. The van der Waals surface area contributed by atoms with E-state index in [0.29, 0.717) is 0 Å². The maximum absolute atomic E-state index is 11.5. The van der Waals surface area contributed by atoms with Gasteiger partial charge in [0.2, 0.25) is 0 Å². The van der Waals surface area contributed by atoms with E-state index in [1.807, 2.05) is 45.0 Å². The fourth-order valence-corrected chi connectivity index (χ4v) is 3.88. The van der Waals surface area contributed by atoms with Gasteiger partial charge in [-0.05, 0) is 0 Å². The summed E-state index contributed by atoms with van der Waals surface area (Å²) in [6.45, 7) is 5.68. The molecule has 1 rings (SSSR count). The Hall–Kier alpha value is -0.272. The molecule has 1 aromatic rings. The Balaban J connectivity index is 2.47. The van der Waals surface area contributed by atoms with Crippen molar-refractivity contribution in [1.29, 1.82) is 0 Å². The topological polar surface area (TPSA) is 26.3 Å². The van der Waals surface area contributed by atoms with Crippen LogP contribution in [0.25, 0.3) is 0 Å². The number of benzene rings is 1. The molecule has 0 saturated carbocycles.